The molecule has 2 aliphatic rings. The van der Waals surface area contributed by atoms with Gasteiger partial charge >= 0.3 is 0 Å². The monoisotopic (exact) mass is 297 g/mol. The van der Waals surface area contributed by atoms with Crippen molar-refractivity contribution in [2.24, 2.45) is 10.9 Å². The second-order valence-electron chi connectivity index (χ2n) is 6.30. The molecule has 3 atom stereocenters. The second kappa shape index (κ2) is 6.83. The van der Waals surface area contributed by atoms with E-state index in [4.69, 9.17) is 0 Å². The third-order valence-corrected chi connectivity index (χ3v) is 5.37. The number of carbonyl (C=O) groups is 1. The van der Waals surface area contributed by atoms with Crippen LogP contribution in [0.25, 0.3) is 0 Å². The van der Waals surface area contributed by atoms with Crippen LogP contribution in [0, 0.1) is 5.92 Å². The van der Waals surface area contributed by atoms with E-state index in [-0.39, 0.29) is 17.5 Å². The summed E-state index contributed by atoms with van der Waals surface area (Å²) in [5.41, 5.74) is 0.237. The lowest BCUT2D eigenvalue weighted by atomic mass is 9.78. The average molecular weight is 297 g/mol. The van der Waals surface area contributed by atoms with E-state index in [2.05, 4.69) is 29.5 Å². The van der Waals surface area contributed by atoms with Crippen LogP contribution in [0.4, 0.5) is 0 Å². The molecule has 1 aliphatic heterocycles. The highest BCUT2D eigenvalue weighted by atomic mass is 32.2. The predicted molar refractivity (Wildman–Crippen MR) is 86.2 cm³/mol. The van der Waals surface area contributed by atoms with Gasteiger partial charge in [0.05, 0.1) is 0 Å². The number of hydrogen-bond acceptors (Lipinski definition) is 3. The molecule has 2 rings (SSSR count). The summed E-state index contributed by atoms with van der Waals surface area (Å²) in [6.45, 7) is 6.99. The zero-order chi connectivity index (χ0) is 14.6. The molecule has 4 nitrogen and oxygen atoms in total. The summed E-state index contributed by atoms with van der Waals surface area (Å²) in [7, 11) is 0. The summed E-state index contributed by atoms with van der Waals surface area (Å²) in [4.78, 5) is 16.4. The minimum Gasteiger partial charge on any atom is -0.359 e. The zero-order valence-electron chi connectivity index (χ0n) is 12.9. The maximum atomic E-state index is 11.9. The van der Waals surface area contributed by atoms with E-state index in [0.717, 1.165) is 29.8 Å². The first-order valence-electron chi connectivity index (χ1n) is 7.81. The Balaban J connectivity index is 1.91. The van der Waals surface area contributed by atoms with Crippen molar-refractivity contribution in [3.63, 3.8) is 0 Å². The third-order valence-electron chi connectivity index (χ3n) is 4.19. The van der Waals surface area contributed by atoms with E-state index < -0.39 is 0 Å². The third kappa shape index (κ3) is 3.90. The fourth-order valence-electron chi connectivity index (χ4n) is 3.11. The van der Waals surface area contributed by atoms with Crippen molar-refractivity contribution in [3.8, 4) is 0 Å². The Morgan fingerprint density at radius 1 is 1.65 bits per heavy atom. The molecule has 20 heavy (non-hydrogen) atoms. The van der Waals surface area contributed by atoms with Gasteiger partial charge in [0.1, 0.15) is 6.04 Å². The molecule has 2 fully saturated rings. The first-order valence-corrected chi connectivity index (χ1v) is 8.80. The van der Waals surface area contributed by atoms with Crippen LogP contribution in [0.1, 0.15) is 52.9 Å². The van der Waals surface area contributed by atoms with Crippen molar-refractivity contribution in [2.45, 2.75) is 64.5 Å². The van der Waals surface area contributed by atoms with Gasteiger partial charge in [0, 0.05) is 17.8 Å². The quantitative estimate of drug-likeness (QED) is 0.838. The molecule has 0 radical (unpaired) electrons. The van der Waals surface area contributed by atoms with E-state index in [0.29, 0.717) is 0 Å². The molecule has 1 saturated heterocycles. The summed E-state index contributed by atoms with van der Waals surface area (Å²) < 4.78 is 0. The molecule has 114 valence electrons. The molecule has 1 amide bonds. The van der Waals surface area contributed by atoms with Gasteiger partial charge in [-0.1, -0.05) is 38.5 Å². The number of amidine groups is 1. The van der Waals surface area contributed by atoms with Crippen molar-refractivity contribution >= 4 is 22.8 Å². The van der Waals surface area contributed by atoms with Crippen molar-refractivity contribution < 1.29 is 4.79 Å². The number of aliphatic imine (C=N–C) groups is 1. The molecule has 1 saturated carbocycles. The predicted octanol–water partition coefficient (Wildman–Crippen LogP) is 2.54. The second-order valence-corrected chi connectivity index (χ2v) is 7.26. The number of nitrogens with zero attached hydrogens (tertiary/aromatic N) is 1. The first kappa shape index (κ1) is 15.7. The number of nitrogens with one attached hydrogen (secondary N) is 2. The van der Waals surface area contributed by atoms with Gasteiger partial charge in [0.2, 0.25) is 5.91 Å². The lowest BCUT2D eigenvalue weighted by Gasteiger charge is -2.36. The number of rotatable bonds is 4. The van der Waals surface area contributed by atoms with Crippen LogP contribution in [-0.4, -0.2) is 35.0 Å². The zero-order valence-corrected chi connectivity index (χ0v) is 13.7. The summed E-state index contributed by atoms with van der Waals surface area (Å²) in [6.07, 6.45) is 6.07. The molecule has 1 aliphatic carbocycles. The lowest BCUT2D eigenvalue weighted by Crippen LogP contribution is -2.47. The minimum absolute atomic E-state index is 0.0275. The molecule has 0 aromatic rings. The highest BCUT2D eigenvalue weighted by Gasteiger charge is 2.40. The van der Waals surface area contributed by atoms with Crippen LogP contribution in [0.3, 0.4) is 0 Å². The molecular formula is C15H27N3OS. The van der Waals surface area contributed by atoms with Gasteiger partial charge in [0.15, 0.2) is 5.17 Å². The summed E-state index contributed by atoms with van der Waals surface area (Å²) in [5.74, 6) is 1.92. The SMILES string of the molecule is CCCNC(=O)C(C)N=C1NC2(CCCC(C)C2)CS1. The van der Waals surface area contributed by atoms with E-state index in [9.17, 15) is 4.79 Å². The molecule has 0 aromatic carbocycles. The van der Waals surface area contributed by atoms with E-state index in [1.165, 1.54) is 25.7 Å². The van der Waals surface area contributed by atoms with E-state index in [1.54, 1.807) is 11.8 Å². The van der Waals surface area contributed by atoms with Gasteiger partial charge in [-0.15, -0.1) is 0 Å². The Kier molecular flexibility index (Phi) is 5.35. The number of hydrogen-bond donors (Lipinski definition) is 2. The summed E-state index contributed by atoms with van der Waals surface area (Å²) >= 11 is 1.78. The number of carbonyl (C=O) groups excluding carboxylic acids is 1. The smallest absolute Gasteiger partial charge is 0.244 e. The molecule has 0 bridgehead atoms. The fraction of sp³-hybridized carbons (Fsp3) is 0.867. The van der Waals surface area contributed by atoms with Crippen LogP contribution >= 0.6 is 11.8 Å². The van der Waals surface area contributed by atoms with Crippen molar-refractivity contribution in [1.29, 1.82) is 0 Å². The maximum Gasteiger partial charge on any atom is 0.244 e. The van der Waals surface area contributed by atoms with Crippen LogP contribution < -0.4 is 10.6 Å². The Hall–Kier alpha value is -0.710. The van der Waals surface area contributed by atoms with E-state index >= 15 is 0 Å². The number of thioether (sulfide) groups is 1. The van der Waals surface area contributed by atoms with Crippen molar-refractivity contribution in [3.05, 3.63) is 0 Å². The topological polar surface area (TPSA) is 53.5 Å². The van der Waals surface area contributed by atoms with Crippen molar-refractivity contribution in [1.82, 2.24) is 10.6 Å². The van der Waals surface area contributed by atoms with Crippen LogP contribution in [0.15, 0.2) is 4.99 Å². The van der Waals surface area contributed by atoms with Gasteiger partial charge < -0.3 is 10.6 Å². The van der Waals surface area contributed by atoms with Crippen molar-refractivity contribution in [2.75, 3.05) is 12.3 Å². The Morgan fingerprint density at radius 2 is 2.45 bits per heavy atom. The van der Waals surface area contributed by atoms with Crippen LogP contribution in [0.2, 0.25) is 0 Å². The molecule has 0 aromatic heterocycles. The maximum absolute atomic E-state index is 11.9. The average Bonchev–Trinajstić information content (AvgIpc) is 2.78. The van der Waals surface area contributed by atoms with Gasteiger partial charge in [-0.05, 0) is 32.1 Å². The molecule has 5 heteroatoms. The molecule has 3 unspecified atom stereocenters. The minimum atomic E-state index is -0.298. The highest BCUT2D eigenvalue weighted by molar-refractivity contribution is 8.14. The highest BCUT2D eigenvalue weighted by Crippen LogP contribution is 2.38. The van der Waals surface area contributed by atoms with Crippen LogP contribution in [-0.2, 0) is 4.79 Å². The molecular weight excluding hydrogens is 270 g/mol. The lowest BCUT2D eigenvalue weighted by molar-refractivity contribution is -0.121. The summed E-state index contributed by atoms with van der Waals surface area (Å²) in [6, 6.07) is -0.298. The number of amides is 1. The molecule has 1 heterocycles. The van der Waals surface area contributed by atoms with Gasteiger partial charge in [0.25, 0.3) is 0 Å². The molecule has 2 N–H and O–H groups in total. The standard InChI is InChI=1S/C15H27N3OS/c1-4-8-16-13(19)12(3)17-14-18-15(10-20-14)7-5-6-11(2)9-15/h11-12H,4-10H2,1-3H3,(H,16,19)(H,17,18). The molecule has 1 spiro atoms. The first-order chi connectivity index (χ1) is 9.54. The Bertz CT molecular complexity index is 385. The fourth-order valence-corrected chi connectivity index (χ4v) is 4.38. The normalized spacial score (nSPS) is 33.1. The van der Waals surface area contributed by atoms with Gasteiger partial charge in [-0.3, -0.25) is 4.79 Å². The van der Waals surface area contributed by atoms with Gasteiger partial charge in [-0.25, -0.2) is 4.99 Å². The van der Waals surface area contributed by atoms with Crippen LogP contribution in [0.5, 0.6) is 0 Å². The Morgan fingerprint density at radius 3 is 3.15 bits per heavy atom. The Labute approximate surface area is 126 Å². The summed E-state index contributed by atoms with van der Waals surface area (Å²) in [5, 5.41) is 7.47. The van der Waals surface area contributed by atoms with E-state index in [1.807, 2.05) is 6.92 Å². The largest absolute Gasteiger partial charge is 0.359 e. The van der Waals surface area contributed by atoms with Gasteiger partial charge in [-0.2, -0.15) is 0 Å².